The van der Waals surface area contributed by atoms with Crippen molar-refractivity contribution in [2.24, 2.45) is 0 Å². The number of hydrogen-bond acceptors (Lipinski definition) is 3. The second-order valence-electron chi connectivity index (χ2n) is 6.10. The van der Waals surface area contributed by atoms with Gasteiger partial charge < -0.3 is 5.32 Å². The topological polar surface area (TPSA) is 64.7 Å². The summed E-state index contributed by atoms with van der Waals surface area (Å²) in [5.74, 6) is -0.513. The van der Waals surface area contributed by atoms with Crippen LogP contribution in [0.2, 0.25) is 10.0 Å². The average molecular weight is 511 g/mol. The lowest BCUT2D eigenvalue weighted by atomic mass is 10.2. The van der Waals surface area contributed by atoms with E-state index in [2.05, 4.69) is 31.4 Å². The highest BCUT2D eigenvalue weighted by Crippen LogP contribution is 2.35. The van der Waals surface area contributed by atoms with Gasteiger partial charge in [-0.25, -0.2) is 0 Å². The van der Waals surface area contributed by atoms with E-state index in [1.807, 2.05) is 12.1 Å². The van der Waals surface area contributed by atoms with Gasteiger partial charge in [0.15, 0.2) is 11.5 Å². The van der Waals surface area contributed by atoms with Crippen LogP contribution >= 0.6 is 39.1 Å². The predicted octanol–water partition coefficient (Wildman–Crippen LogP) is 5.16. The maximum Gasteiger partial charge on any atom is 0.436 e. The number of benzene rings is 1. The Balaban J connectivity index is 1.70. The number of amides is 1. The minimum Gasteiger partial charge on any atom is -0.306 e. The van der Waals surface area contributed by atoms with E-state index in [1.165, 1.54) is 17.8 Å². The summed E-state index contributed by atoms with van der Waals surface area (Å²) in [5, 5.41) is 11.0. The zero-order valence-electron chi connectivity index (χ0n) is 14.8. The zero-order valence-corrected chi connectivity index (χ0v) is 17.9. The number of carbonyl (C=O) groups excluding carboxylic acids is 1. The van der Waals surface area contributed by atoms with Gasteiger partial charge in [0.05, 0.1) is 16.7 Å². The molecule has 6 nitrogen and oxygen atoms in total. The quantitative estimate of drug-likeness (QED) is 0.515. The molecule has 0 unspecified atom stereocenters. The number of nitrogens with one attached hydrogen (secondary N) is 1. The molecule has 2 heterocycles. The van der Waals surface area contributed by atoms with Gasteiger partial charge in [-0.15, -0.1) is 0 Å². The molecule has 0 saturated carbocycles. The van der Waals surface area contributed by atoms with E-state index in [-0.39, 0.29) is 21.0 Å². The third-order valence-corrected chi connectivity index (χ3v) is 5.41. The van der Waals surface area contributed by atoms with Crippen molar-refractivity contribution < 1.29 is 18.0 Å². The summed E-state index contributed by atoms with van der Waals surface area (Å²) in [6.45, 7) is 1.39. The van der Waals surface area contributed by atoms with Gasteiger partial charge in [-0.05, 0) is 40.5 Å². The molecule has 0 radical (unpaired) electrons. The van der Waals surface area contributed by atoms with Gasteiger partial charge in [-0.1, -0.05) is 35.3 Å². The van der Waals surface area contributed by atoms with E-state index in [9.17, 15) is 18.0 Å². The molecular weight excluding hydrogens is 498 g/mol. The first-order valence-corrected chi connectivity index (χ1v) is 9.67. The summed E-state index contributed by atoms with van der Waals surface area (Å²) in [7, 11) is 0. The summed E-state index contributed by atoms with van der Waals surface area (Å²) in [4.78, 5) is 12.3. The average Bonchev–Trinajstić information content (AvgIpc) is 3.10. The van der Waals surface area contributed by atoms with E-state index < -0.39 is 24.3 Å². The highest BCUT2D eigenvalue weighted by atomic mass is 79.9. The lowest BCUT2D eigenvalue weighted by Crippen LogP contribution is -2.21. The van der Waals surface area contributed by atoms with Gasteiger partial charge >= 0.3 is 6.18 Å². The minimum absolute atomic E-state index is 0.102. The van der Waals surface area contributed by atoms with Crippen molar-refractivity contribution in [2.45, 2.75) is 26.2 Å². The van der Waals surface area contributed by atoms with Crippen molar-refractivity contribution in [3.05, 3.63) is 61.9 Å². The first-order chi connectivity index (χ1) is 13.5. The standard InChI is InChI=1S/C17H13BrCl2F3N5O/c1-9-14(18)15(17(21,22)23)25-28(9)8-13(29)24-16-12(20)7-27(26-16)6-10-2-4-11(19)5-3-10/h2-5,7H,6,8H2,1H3,(H,24,26,29). The number of nitrogens with zero attached hydrogens (tertiary/aromatic N) is 4. The number of aromatic nitrogens is 4. The molecule has 0 aliphatic heterocycles. The molecule has 3 rings (SSSR count). The third kappa shape index (κ3) is 5.12. The largest absolute Gasteiger partial charge is 0.436 e. The number of hydrogen-bond donors (Lipinski definition) is 1. The zero-order chi connectivity index (χ0) is 21.3. The maximum atomic E-state index is 12.9. The molecule has 0 atom stereocenters. The molecule has 0 aliphatic carbocycles. The second-order valence-corrected chi connectivity index (χ2v) is 7.74. The molecular formula is C17H13BrCl2F3N5O. The van der Waals surface area contributed by atoms with Crippen molar-refractivity contribution in [1.82, 2.24) is 19.6 Å². The molecule has 1 N–H and O–H groups in total. The second kappa shape index (κ2) is 8.37. The normalized spacial score (nSPS) is 11.7. The highest BCUT2D eigenvalue weighted by molar-refractivity contribution is 9.10. The first-order valence-electron chi connectivity index (χ1n) is 8.12. The van der Waals surface area contributed by atoms with Gasteiger partial charge in [-0.2, -0.15) is 23.4 Å². The highest BCUT2D eigenvalue weighted by Gasteiger charge is 2.38. The van der Waals surface area contributed by atoms with Crippen LogP contribution in [0, 0.1) is 6.92 Å². The van der Waals surface area contributed by atoms with Gasteiger partial charge in [-0.3, -0.25) is 14.2 Å². The SMILES string of the molecule is Cc1c(Br)c(C(F)(F)F)nn1CC(=O)Nc1nn(Cc2ccc(Cl)cc2)cc1Cl. The van der Waals surface area contributed by atoms with Crippen LogP contribution in [0.4, 0.5) is 19.0 Å². The molecule has 1 aromatic carbocycles. The van der Waals surface area contributed by atoms with Gasteiger partial charge in [0.2, 0.25) is 5.91 Å². The number of halogens is 6. The van der Waals surface area contributed by atoms with Crippen LogP contribution in [0.5, 0.6) is 0 Å². The molecule has 3 aromatic rings. The molecule has 0 spiro atoms. The molecule has 154 valence electrons. The summed E-state index contributed by atoms with van der Waals surface area (Å²) in [6.07, 6.45) is -3.10. The lowest BCUT2D eigenvalue weighted by molar-refractivity contribution is -0.142. The monoisotopic (exact) mass is 509 g/mol. The lowest BCUT2D eigenvalue weighted by Gasteiger charge is -2.05. The van der Waals surface area contributed by atoms with Gasteiger partial charge in [0, 0.05) is 11.2 Å². The molecule has 1 amide bonds. The molecule has 0 saturated heterocycles. The first kappa shape index (κ1) is 21.7. The van der Waals surface area contributed by atoms with Gasteiger partial charge in [0.25, 0.3) is 0 Å². The van der Waals surface area contributed by atoms with E-state index in [4.69, 9.17) is 23.2 Å². The Morgan fingerprint density at radius 3 is 2.45 bits per heavy atom. The maximum absolute atomic E-state index is 12.9. The fraction of sp³-hybridized carbons (Fsp3) is 0.235. The van der Waals surface area contributed by atoms with Crippen LogP contribution in [-0.2, 0) is 24.1 Å². The molecule has 12 heteroatoms. The Bertz CT molecular complexity index is 1050. The smallest absolute Gasteiger partial charge is 0.306 e. The van der Waals surface area contributed by atoms with Crippen LogP contribution in [0.15, 0.2) is 34.9 Å². The van der Waals surface area contributed by atoms with E-state index >= 15 is 0 Å². The summed E-state index contributed by atoms with van der Waals surface area (Å²) in [5.41, 5.74) is 0.00283. The number of anilines is 1. The van der Waals surface area contributed by atoms with Crippen LogP contribution in [-0.4, -0.2) is 25.5 Å². The van der Waals surface area contributed by atoms with Crippen LogP contribution in [0.3, 0.4) is 0 Å². The Labute approximate surface area is 181 Å². The Kier molecular flexibility index (Phi) is 6.25. The van der Waals surface area contributed by atoms with Crippen molar-refractivity contribution in [1.29, 1.82) is 0 Å². The summed E-state index contributed by atoms with van der Waals surface area (Å²) in [6, 6.07) is 7.13. The van der Waals surface area contributed by atoms with Crippen molar-refractivity contribution in [3.8, 4) is 0 Å². The Morgan fingerprint density at radius 2 is 1.86 bits per heavy atom. The molecule has 0 bridgehead atoms. The summed E-state index contributed by atoms with van der Waals surface area (Å²) >= 11 is 14.8. The molecule has 29 heavy (non-hydrogen) atoms. The molecule has 0 aliphatic rings. The van der Waals surface area contributed by atoms with Crippen LogP contribution in [0.1, 0.15) is 17.0 Å². The molecule has 2 aromatic heterocycles. The Hall–Kier alpha value is -2.04. The number of carbonyl (C=O) groups is 1. The van der Waals surface area contributed by atoms with Crippen molar-refractivity contribution in [3.63, 3.8) is 0 Å². The van der Waals surface area contributed by atoms with E-state index in [0.717, 1.165) is 10.2 Å². The molecule has 0 fully saturated rings. The van der Waals surface area contributed by atoms with Crippen LogP contribution in [0.25, 0.3) is 0 Å². The fourth-order valence-corrected chi connectivity index (χ4v) is 3.34. The minimum atomic E-state index is -4.63. The van der Waals surface area contributed by atoms with Crippen molar-refractivity contribution >= 4 is 50.9 Å². The summed E-state index contributed by atoms with van der Waals surface area (Å²) < 4.78 is 41.1. The van der Waals surface area contributed by atoms with Crippen molar-refractivity contribution in [2.75, 3.05) is 5.32 Å². The predicted molar refractivity (Wildman–Crippen MR) is 106 cm³/mol. The van der Waals surface area contributed by atoms with Crippen LogP contribution < -0.4 is 5.32 Å². The Morgan fingerprint density at radius 1 is 1.21 bits per heavy atom. The number of alkyl halides is 3. The van der Waals surface area contributed by atoms with E-state index in [0.29, 0.717) is 11.6 Å². The third-order valence-electron chi connectivity index (χ3n) is 3.93. The van der Waals surface area contributed by atoms with Gasteiger partial charge in [0.1, 0.15) is 11.6 Å². The van der Waals surface area contributed by atoms with E-state index in [1.54, 1.807) is 12.1 Å². The number of rotatable bonds is 5. The fourth-order valence-electron chi connectivity index (χ4n) is 2.51.